The Hall–Kier alpha value is -1.85. The van der Waals surface area contributed by atoms with Crippen molar-refractivity contribution in [3.63, 3.8) is 0 Å². The van der Waals surface area contributed by atoms with Crippen LogP contribution in [0.2, 0.25) is 0 Å². The summed E-state index contributed by atoms with van der Waals surface area (Å²) < 4.78 is 1.90. The number of nitrogens with zero attached hydrogens (tertiary/aromatic N) is 4. The molecule has 1 heterocycles. The lowest BCUT2D eigenvalue weighted by atomic mass is 10.0. The highest BCUT2D eigenvalue weighted by atomic mass is 15.3. The van der Waals surface area contributed by atoms with Crippen LogP contribution in [0.3, 0.4) is 0 Å². The molecule has 0 radical (unpaired) electrons. The van der Waals surface area contributed by atoms with Gasteiger partial charge in [0, 0.05) is 31.4 Å². The molecule has 0 spiro atoms. The van der Waals surface area contributed by atoms with Crippen LogP contribution in [0, 0.1) is 28.6 Å². The topological polar surface area (TPSA) is 77.4 Å². The summed E-state index contributed by atoms with van der Waals surface area (Å²) in [6.07, 6.45) is 4.75. The highest BCUT2D eigenvalue weighted by molar-refractivity contribution is 4.89. The van der Waals surface area contributed by atoms with Gasteiger partial charge in [-0.2, -0.15) is 15.6 Å². The first-order chi connectivity index (χ1) is 8.69. The quantitative estimate of drug-likeness (QED) is 0.795. The maximum absolute atomic E-state index is 8.97. The first-order valence-electron chi connectivity index (χ1n) is 6.18. The van der Waals surface area contributed by atoms with Gasteiger partial charge in [0.1, 0.15) is 0 Å². The molecule has 18 heavy (non-hydrogen) atoms. The first-order valence-corrected chi connectivity index (χ1v) is 6.18. The fraction of sp³-hybridized carbons (Fsp3) is 0.615. The van der Waals surface area contributed by atoms with Gasteiger partial charge in [0.15, 0.2) is 0 Å². The molecule has 1 rings (SSSR count). The standard InChI is InChI=1S/C13H19N5/c1-11(12(2)18-8-4-7-17-18)16-10-13(9-15)5-3-6-14/h4,7-8,11-13,16H,3,5,10H2,1-2H3/t11-,12+,13+/m0/s1. The Morgan fingerprint density at radius 1 is 1.39 bits per heavy atom. The third kappa shape index (κ3) is 4.20. The molecule has 0 aromatic carbocycles. The Morgan fingerprint density at radius 3 is 2.72 bits per heavy atom. The van der Waals surface area contributed by atoms with Gasteiger partial charge in [-0.1, -0.05) is 0 Å². The Kier molecular flexibility index (Phi) is 5.90. The molecule has 3 atom stereocenters. The average molecular weight is 245 g/mol. The number of aromatic nitrogens is 2. The van der Waals surface area contributed by atoms with Gasteiger partial charge in [-0.15, -0.1) is 0 Å². The first kappa shape index (κ1) is 14.2. The van der Waals surface area contributed by atoms with Gasteiger partial charge in [0.05, 0.1) is 24.1 Å². The van der Waals surface area contributed by atoms with Crippen molar-refractivity contribution < 1.29 is 0 Å². The molecule has 0 aliphatic heterocycles. The molecule has 1 N–H and O–H groups in total. The maximum Gasteiger partial charge on any atom is 0.0669 e. The molecule has 0 fully saturated rings. The van der Waals surface area contributed by atoms with Crippen LogP contribution < -0.4 is 5.32 Å². The van der Waals surface area contributed by atoms with Crippen LogP contribution >= 0.6 is 0 Å². The molecule has 5 nitrogen and oxygen atoms in total. The van der Waals surface area contributed by atoms with Crippen LogP contribution in [0.1, 0.15) is 32.7 Å². The minimum atomic E-state index is -0.100. The largest absolute Gasteiger partial charge is 0.311 e. The van der Waals surface area contributed by atoms with E-state index in [4.69, 9.17) is 10.5 Å². The summed E-state index contributed by atoms with van der Waals surface area (Å²) in [5, 5.41) is 25.0. The minimum Gasteiger partial charge on any atom is -0.311 e. The Labute approximate surface area is 108 Å². The fourth-order valence-corrected chi connectivity index (χ4v) is 1.70. The normalized spacial score (nSPS) is 15.3. The predicted octanol–water partition coefficient (Wildman–Crippen LogP) is 1.87. The van der Waals surface area contributed by atoms with Crippen molar-refractivity contribution in [2.24, 2.45) is 5.92 Å². The molecule has 1 aromatic heterocycles. The lowest BCUT2D eigenvalue weighted by molar-refractivity contribution is 0.352. The molecule has 0 bridgehead atoms. The molecule has 0 unspecified atom stereocenters. The van der Waals surface area contributed by atoms with Crippen molar-refractivity contribution in [3.05, 3.63) is 18.5 Å². The van der Waals surface area contributed by atoms with Gasteiger partial charge in [-0.25, -0.2) is 0 Å². The van der Waals surface area contributed by atoms with Crippen LogP contribution in [0.15, 0.2) is 18.5 Å². The van der Waals surface area contributed by atoms with Gasteiger partial charge in [0.25, 0.3) is 0 Å². The second kappa shape index (κ2) is 7.47. The van der Waals surface area contributed by atoms with E-state index in [9.17, 15) is 0 Å². The van der Waals surface area contributed by atoms with E-state index >= 15 is 0 Å². The van der Waals surface area contributed by atoms with E-state index in [2.05, 4.69) is 36.4 Å². The predicted molar refractivity (Wildman–Crippen MR) is 68.4 cm³/mol. The molecular weight excluding hydrogens is 226 g/mol. The minimum absolute atomic E-state index is 0.100. The van der Waals surface area contributed by atoms with Crippen molar-refractivity contribution in [1.29, 1.82) is 10.5 Å². The number of nitrogens with one attached hydrogen (secondary N) is 1. The summed E-state index contributed by atoms with van der Waals surface area (Å²) in [7, 11) is 0. The van der Waals surface area contributed by atoms with Gasteiger partial charge in [0.2, 0.25) is 0 Å². The van der Waals surface area contributed by atoms with Crippen molar-refractivity contribution in [3.8, 4) is 12.1 Å². The van der Waals surface area contributed by atoms with E-state index in [1.54, 1.807) is 6.20 Å². The van der Waals surface area contributed by atoms with E-state index in [1.165, 1.54) is 0 Å². The molecule has 0 saturated heterocycles. The van der Waals surface area contributed by atoms with Crippen LogP contribution in [0.5, 0.6) is 0 Å². The molecule has 0 aliphatic carbocycles. The second-order valence-electron chi connectivity index (χ2n) is 4.45. The molecule has 0 aliphatic rings. The van der Waals surface area contributed by atoms with Crippen LogP contribution in [-0.4, -0.2) is 22.4 Å². The average Bonchev–Trinajstić information content (AvgIpc) is 2.91. The molecule has 1 aromatic rings. The molecule has 0 amide bonds. The summed E-state index contributed by atoms with van der Waals surface area (Å²) >= 11 is 0. The summed E-state index contributed by atoms with van der Waals surface area (Å²) in [6.45, 7) is 4.78. The monoisotopic (exact) mass is 245 g/mol. The third-order valence-electron chi connectivity index (χ3n) is 3.14. The number of rotatable bonds is 7. The lowest BCUT2D eigenvalue weighted by Gasteiger charge is -2.22. The van der Waals surface area contributed by atoms with Crippen molar-refractivity contribution in [2.45, 2.75) is 38.8 Å². The summed E-state index contributed by atoms with van der Waals surface area (Å²) in [6, 6.07) is 6.66. The molecule has 0 saturated carbocycles. The van der Waals surface area contributed by atoms with Crippen LogP contribution in [0.25, 0.3) is 0 Å². The fourth-order valence-electron chi connectivity index (χ4n) is 1.70. The molecule has 5 heteroatoms. The van der Waals surface area contributed by atoms with Crippen molar-refractivity contribution in [2.75, 3.05) is 6.54 Å². The summed E-state index contributed by atoms with van der Waals surface area (Å²) in [5.74, 6) is -0.100. The zero-order valence-corrected chi connectivity index (χ0v) is 10.9. The summed E-state index contributed by atoms with van der Waals surface area (Å²) in [4.78, 5) is 0. The van der Waals surface area contributed by atoms with Gasteiger partial charge in [-0.05, 0) is 26.3 Å². The van der Waals surface area contributed by atoms with E-state index in [0.717, 1.165) is 0 Å². The Morgan fingerprint density at radius 2 is 2.17 bits per heavy atom. The summed E-state index contributed by atoms with van der Waals surface area (Å²) in [5.41, 5.74) is 0. The van der Waals surface area contributed by atoms with Crippen molar-refractivity contribution >= 4 is 0 Å². The van der Waals surface area contributed by atoms with E-state index in [-0.39, 0.29) is 18.0 Å². The Bertz CT molecular complexity index is 412. The Balaban J connectivity index is 2.38. The van der Waals surface area contributed by atoms with E-state index < -0.39 is 0 Å². The van der Waals surface area contributed by atoms with Gasteiger partial charge in [-0.3, -0.25) is 4.68 Å². The number of hydrogen-bond donors (Lipinski definition) is 1. The number of hydrogen-bond acceptors (Lipinski definition) is 4. The third-order valence-corrected chi connectivity index (χ3v) is 3.14. The molecular formula is C13H19N5. The van der Waals surface area contributed by atoms with Gasteiger partial charge < -0.3 is 5.32 Å². The lowest BCUT2D eigenvalue weighted by Crippen LogP contribution is -2.36. The second-order valence-corrected chi connectivity index (χ2v) is 4.45. The zero-order valence-electron chi connectivity index (χ0n) is 10.9. The highest BCUT2D eigenvalue weighted by Crippen LogP contribution is 2.10. The van der Waals surface area contributed by atoms with Crippen molar-refractivity contribution in [1.82, 2.24) is 15.1 Å². The van der Waals surface area contributed by atoms with E-state index in [0.29, 0.717) is 19.4 Å². The van der Waals surface area contributed by atoms with Gasteiger partial charge >= 0.3 is 0 Å². The zero-order chi connectivity index (χ0) is 13.4. The smallest absolute Gasteiger partial charge is 0.0669 e. The number of nitriles is 2. The van der Waals surface area contributed by atoms with Crippen LogP contribution in [0.4, 0.5) is 0 Å². The highest BCUT2D eigenvalue weighted by Gasteiger charge is 2.15. The SMILES string of the molecule is C[C@H](NC[C@@H](C#N)CCC#N)[C@@H](C)n1cccn1. The van der Waals surface area contributed by atoms with Crippen LogP contribution in [-0.2, 0) is 0 Å². The van der Waals surface area contributed by atoms with E-state index in [1.807, 2.05) is 16.9 Å². The maximum atomic E-state index is 8.97. The molecule has 96 valence electrons.